The summed E-state index contributed by atoms with van der Waals surface area (Å²) < 4.78 is 5.32. The molecular weight excluding hydrogens is 438 g/mol. The van der Waals surface area contributed by atoms with Crippen LogP contribution in [0.5, 0.6) is 0 Å². The minimum atomic E-state index is -0.901. The van der Waals surface area contributed by atoms with Gasteiger partial charge in [0.05, 0.1) is 11.1 Å². The minimum absolute atomic E-state index is 0.0580. The first-order valence-corrected chi connectivity index (χ1v) is 10.7. The molecule has 3 N–H and O–H groups in total. The average Bonchev–Trinajstić information content (AvgIpc) is 2.68. The Labute approximate surface area is 192 Å². The highest BCUT2D eigenvalue weighted by Gasteiger charge is 2.37. The summed E-state index contributed by atoms with van der Waals surface area (Å²) in [4.78, 5) is 54.9. The van der Waals surface area contributed by atoms with Crippen LogP contribution in [0.15, 0.2) is 18.3 Å². The number of nitrogens with one attached hydrogen (secondary N) is 3. The van der Waals surface area contributed by atoms with Crippen LogP contribution in [0, 0.1) is 5.92 Å². The first-order valence-electron chi connectivity index (χ1n) is 10.3. The number of aromatic nitrogens is 1. The molecule has 10 nitrogen and oxygen atoms in total. The molecule has 1 fully saturated rings. The molecule has 0 aliphatic heterocycles. The number of hydrogen-bond acceptors (Lipinski definition) is 6. The predicted octanol–water partition coefficient (Wildman–Crippen LogP) is 1.94. The van der Waals surface area contributed by atoms with Gasteiger partial charge in [-0.25, -0.2) is 9.78 Å². The van der Waals surface area contributed by atoms with Crippen LogP contribution in [-0.4, -0.2) is 65.5 Å². The van der Waals surface area contributed by atoms with E-state index < -0.39 is 35.6 Å². The summed E-state index contributed by atoms with van der Waals surface area (Å²) in [5, 5.41) is 8.19. The van der Waals surface area contributed by atoms with Crippen LogP contribution in [-0.2, 0) is 19.1 Å². The van der Waals surface area contributed by atoms with Crippen LogP contribution in [0.3, 0.4) is 0 Å². The van der Waals surface area contributed by atoms with Crippen molar-refractivity contribution >= 4 is 41.2 Å². The third-order valence-electron chi connectivity index (χ3n) is 4.83. The second-order valence-corrected chi connectivity index (χ2v) is 9.33. The number of halogens is 1. The Hall–Kier alpha value is -2.88. The second kappa shape index (κ2) is 10.6. The fourth-order valence-corrected chi connectivity index (χ4v) is 3.52. The zero-order valence-electron chi connectivity index (χ0n) is 18.9. The van der Waals surface area contributed by atoms with Crippen LogP contribution in [0.2, 0.25) is 5.02 Å². The van der Waals surface area contributed by atoms with Crippen molar-refractivity contribution in [2.45, 2.75) is 57.7 Å². The molecule has 4 amide bonds. The molecule has 1 aromatic heterocycles. The van der Waals surface area contributed by atoms with Crippen molar-refractivity contribution in [3.8, 4) is 0 Å². The Bertz CT molecular complexity index is 853. The smallest absolute Gasteiger partial charge is 0.407 e. The average molecular weight is 468 g/mol. The molecule has 1 aliphatic carbocycles. The standard InChI is InChI=1S/C21H30ClN5O5/c1-21(2,3)32-20(31)25-15-10-12(19(30)27(4)5)6-8-14(15)24-17(28)18(29)26-16-9-7-13(22)11-23-16/h7,9,11-12,14-15H,6,8,10H2,1-5H3,(H,24,28)(H,25,31)(H,23,26,29)/t12-,14+,15+/m1/s1. The molecule has 0 radical (unpaired) electrons. The first-order chi connectivity index (χ1) is 14.9. The number of amides is 4. The Morgan fingerprint density at radius 2 is 1.75 bits per heavy atom. The summed E-state index contributed by atoms with van der Waals surface area (Å²) in [6.07, 6.45) is 1.91. The van der Waals surface area contributed by atoms with Gasteiger partial charge in [-0.1, -0.05) is 11.6 Å². The van der Waals surface area contributed by atoms with Crippen LogP contribution >= 0.6 is 11.6 Å². The number of hydrogen-bond donors (Lipinski definition) is 3. The lowest BCUT2D eigenvalue weighted by molar-refractivity contribution is -0.137. The van der Waals surface area contributed by atoms with Gasteiger partial charge < -0.3 is 25.6 Å². The van der Waals surface area contributed by atoms with Crippen LogP contribution in [0.4, 0.5) is 10.6 Å². The maximum absolute atomic E-state index is 12.5. The van der Waals surface area contributed by atoms with Gasteiger partial charge in [-0.15, -0.1) is 0 Å². The number of rotatable bonds is 4. The fourth-order valence-electron chi connectivity index (χ4n) is 3.41. The molecule has 3 atom stereocenters. The number of alkyl carbamates (subject to hydrolysis) is 1. The molecule has 2 rings (SSSR count). The van der Waals surface area contributed by atoms with Crippen LogP contribution in [0.1, 0.15) is 40.0 Å². The molecule has 0 spiro atoms. The van der Waals surface area contributed by atoms with E-state index in [-0.39, 0.29) is 17.6 Å². The van der Waals surface area contributed by atoms with Crippen LogP contribution < -0.4 is 16.0 Å². The lowest BCUT2D eigenvalue weighted by Crippen LogP contribution is -2.57. The van der Waals surface area contributed by atoms with Gasteiger partial charge in [-0.05, 0) is 52.2 Å². The molecule has 1 saturated carbocycles. The fraction of sp³-hybridized carbons (Fsp3) is 0.571. The Morgan fingerprint density at radius 3 is 2.31 bits per heavy atom. The lowest BCUT2D eigenvalue weighted by Gasteiger charge is -2.37. The molecule has 1 heterocycles. The largest absolute Gasteiger partial charge is 0.444 e. The third-order valence-corrected chi connectivity index (χ3v) is 5.06. The number of pyridine rings is 1. The van der Waals surface area contributed by atoms with Crippen molar-refractivity contribution in [2.75, 3.05) is 19.4 Å². The van der Waals surface area contributed by atoms with Gasteiger partial charge in [0.15, 0.2) is 0 Å². The number of anilines is 1. The SMILES string of the molecule is CN(C)C(=O)[C@@H]1CC[C@H](NC(=O)C(=O)Nc2ccc(Cl)cn2)[C@@H](NC(=O)OC(C)(C)C)C1. The molecule has 0 bridgehead atoms. The van der Waals surface area contributed by atoms with E-state index >= 15 is 0 Å². The van der Waals surface area contributed by atoms with Crippen molar-refractivity contribution < 1.29 is 23.9 Å². The van der Waals surface area contributed by atoms with E-state index in [1.807, 2.05) is 0 Å². The molecule has 11 heteroatoms. The molecule has 32 heavy (non-hydrogen) atoms. The highest BCUT2D eigenvalue weighted by molar-refractivity contribution is 6.39. The normalized spacial score (nSPS) is 20.6. The van der Waals surface area contributed by atoms with Gasteiger partial charge in [0.1, 0.15) is 11.4 Å². The second-order valence-electron chi connectivity index (χ2n) is 8.89. The van der Waals surface area contributed by atoms with E-state index in [1.165, 1.54) is 23.2 Å². The summed E-state index contributed by atoms with van der Waals surface area (Å²) in [6, 6.07) is 1.87. The summed E-state index contributed by atoms with van der Waals surface area (Å²) >= 11 is 5.76. The molecule has 0 unspecified atom stereocenters. The van der Waals surface area contributed by atoms with E-state index in [9.17, 15) is 19.2 Å². The van der Waals surface area contributed by atoms with Gasteiger partial charge in [-0.2, -0.15) is 0 Å². The highest BCUT2D eigenvalue weighted by Crippen LogP contribution is 2.27. The lowest BCUT2D eigenvalue weighted by atomic mass is 9.81. The van der Waals surface area contributed by atoms with Gasteiger partial charge in [0, 0.05) is 32.3 Å². The number of carbonyl (C=O) groups is 4. The Kier molecular flexibility index (Phi) is 8.43. The van der Waals surface area contributed by atoms with E-state index in [1.54, 1.807) is 34.9 Å². The van der Waals surface area contributed by atoms with Crippen molar-refractivity contribution in [2.24, 2.45) is 5.92 Å². The van der Waals surface area contributed by atoms with Gasteiger partial charge in [0.25, 0.3) is 0 Å². The van der Waals surface area contributed by atoms with Crippen molar-refractivity contribution in [1.82, 2.24) is 20.5 Å². The summed E-state index contributed by atoms with van der Waals surface area (Å²) in [5.74, 6) is -1.97. The molecule has 176 valence electrons. The van der Waals surface area contributed by atoms with Crippen molar-refractivity contribution in [1.29, 1.82) is 0 Å². The molecule has 1 aromatic rings. The maximum Gasteiger partial charge on any atom is 0.407 e. The maximum atomic E-state index is 12.5. The van der Waals surface area contributed by atoms with E-state index in [2.05, 4.69) is 20.9 Å². The molecule has 0 aromatic carbocycles. The predicted molar refractivity (Wildman–Crippen MR) is 119 cm³/mol. The molecular formula is C21H30ClN5O5. The van der Waals surface area contributed by atoms with E-state index in [0.29, 0.717) is 24.3 Å². The zero-order valence-corrected chi connectivity index (χ0v) is 19.7. The van der Waals surface area contributed by atoms with Crippen LogP contribution in [0.25, 0.3) is 0 Å². The number of nitrogens with zero attached hydrogens (tertiary/aromatic N) is 2. The Morgan fingerprint density at radius 1 is 1.06 bits per heavy atom. The number of ether oxygens (including phenoxy) is 1. The number of carbonyl (C=O) groups excluding carboxylic acids is 4. The zero-order chi connectivity index (χ0) is 24.1. The molecule has 0 saturated heterocycles. The van der Waals surface area contributed by atoms with Gasteiger partial charge >= 0.3 is 17.9 Å². The minimum Gasteiger partial charge on any atom is -0.444 e. The summed E-state index contributed by atoms with van der Waals surface area (Å²) in [5.41, 5.74) is -0.707. The Balaban J connectivity index is 2.07. The quantitative estimate of drug-likeness (QED) is 0.580. The van der Waals surface area contributed by atoms with E-state index in [0.717, 1.165) is 0 Å². The molecule has 1 aliphatic rings. The highest BCUT2D eigenvalue weighted by atomic mass is 35.5. The monoisotopic (exact) mass is 467 g/mol. The van der Waals surface area contributed by atoms with Gasteiger partial charge in [-0.3, -0.25) is 14.4 Å². The van der Waals surface area contributed by atoms with Gasteiger partial charge in [0.2, 0.25) is 5.91 Å². The first kappa shape index (κ1) is 25.4. The topological polar surface area (TPSA) is 130 Å². The third kappa shape index (κ3) is 7.67. The summed E-state index contributed by atoms with van der Waals surface area (Å²) in [7, 11) is 3.34. The van der Waals surface area contributed by atoms with Crippen molar-refractivity contribution in [3.63, 3.8) is 0 Å². The summed E-state index contributed by atoms with van der Waals surface area (Å²) in [6.45, 7) is 5.21. The van der Waals surface area contributed by atoms with E-state index in [4.69, 9.17) is 16.3 Å². The van der Waals surface area contributed by atoms with Crippen molar-refractivity contribution in [3.05, 3.63) is 23.4 Å².